The highest BCUT2D eigenvalue weighted by molar-refractivity contribution is 5.93. The van der Waals surface area contributed by atoms with Gasteiger partial charge < -0.3 is 20.1 Å². The number of carbonyl (C=O) groups excluding carboxylic acids is 2. The Morgan fingerprint density at radius 1 is 0.738 bits per heavy atom. The molecule has 1 spiro atoms. The zero-order valence-electron chi connectivity index (χ0n) is 23.0. The second kappa shape index (κ2) is 10.7. The van der Waals surface area contributed by atoms with Crippen molar-refractivity contribution in [3.63, 3.8) is 0 Å². The van der Waals surface area contributed by atoms with Crippen LogP contribution in [0.25, 0.3) is 22.6 Å². The highest BCUT2D eigenvalue weighted by atomic mass is 16.2. The van der Waals surface area contributed by atoms with Crippen molar-refractivity contribution in [3.8, 4) is 11.5 Å². The summed E-state index contributed by atoms with van der Waals surface area (Å²) in [5, 5.41) is 3.15. The van der Waals surface area contributed by atoms with E-state index in [1.165, 1.54) is 0 Å². The van der Waals surface area contributed by atoms with Gasteiger partial charge in [0, 0.05) is 38.1 Å². The summed E-state index contributed by atoms with van der Waals surface area (Å²) in [6.45, 7) is 2.62. The Bertz CT molecular complexity index is 1730. The van der Waals surface area contributed by atoms with Crippen molar-refractivity contribution in [1.82, 2.24) is 34.7 Å². The summed E-state index contributed by atoms with van der Waals surface area (Å²) in [6.07, 6.45) is 4.21. The van der Waals surface area contributed by atoms with Crippen LogP contribution in [0.4, 0.5) is 11.6 Å². The van der Waals surface area contributed by atoms with E-state index in [0.717, 1.165) is 36.0 Å². The van der Waals surface area contributed by atoms with Crippen molar-refractivity contribution in [1.29, 1.82) is 0 Å². The van der Waals surface area contributed by atoms with Gasteiger partial charge in [0.25, 0.3) is 11.8 Å². The molecule has 5 aromatic rings. The lowest BCUT2D eigenvalue weighted by Crippen LogP contribution is -2.45. The number of para-hydroxylation sites is 3. The molecule has 5 heterocycles. The summed E-state index contributed by atoms with van der Waals surface area (Å²) < 4.78 is 0. The van der Waals surface area contributed by atoms with Gasteiger partial charge in [-0.05, 0) is 67.1 Å². The summed E-state index contributed by atoms with van der Waals surface area (Å²) in [7, 11) is 0. The number of pyridine rings is 1. The monoisotopic (exact) mass is 558 g/mol. The van der Waals surface area contributed by atoms with Crippen LogP contribution in [0, 0.1) is 5.41 Å². The molecule has 7 rings (SSSR count). The normalized spacial score (nSPS) is 16.2. The number of hydrogen-bond acceptors (Lipinski definition) is 7. The second-order valence-electron chi connectivity index (χ2n) is 11.0. The molecule has 210 valence electrons. The molecule has 2 fully saturated rings. The first-order chi connectivity index (χ1) is 20.6. The zero-order chi connectivity index (χ0) is 28.5. The lowest BCUT2D eigenvalue weighted by molar-refractivity contribution is 0.0560. The van der Waals surface area contributed by atoms with Crippen LogP contribution in [-0.2, 0) is 0 Å². The van der Waals surface area contributed by atoms with Gasteiger partial charge in [0.05, 0.1) is 11.0 Å². The van der Waals surface area contributed by atoms with Gasteiger partial charge in [-0.15, -0.1) is 0 Å². The van der Waals surface area contributed by atoms with Gasteiger partial charge in [-0.1, -0.05) is 36.4 Å². The number of anilines is 2. The molecule has 2 aliphatic heterocycles. The molecule has 10 nitrogen and oxygen atoms in total. The molecule has 10 heteroatoms. The Morgan fingerprint density at radius 2 is 1.45 bits per heavy atom. The molecule has 3 aromatic heterocycles. The quantitative estimate of drug-likeness (QED) is 0.314. The van der Waals surface area contributed by atoms with E-state index in [1.807, 2.05) is 76.5 Å². The largest absolute Gasteiger partial charge is 0.337 e. The summed E-state index contributed by atoms with van der Waals surface area (Å²) >= 11 is 0. The van der Waals surface area contributed by atoms with Crippen molar-refractivity contribution in [2.45, 2.75) is 19.3 Å². The lowest BCUT2D eigenvalue weighted by atomic mass is 9.77. The van der Waals surface area contributed by atoms with Gasteiger partial charge in [-0.25, -0.2) is 19.9 Å². The summed E-state index contributed by atoms with van der Waals surface area (Å²) in [6, 6.07) is 24.6. The Kier molecular flexibility index (Phi) is 6.58. The van der Waals surface area contributed by atoms with E-state index >= 15 is 0 Å². The maximum absolute atomic E-state index is 13.4. The SMILES string of the molecule is O=C(c1cccc(-c2nc3ccccc3[nH]2)n1)N1CCC2(CC1)CCN(C(=O)c1ccnc(Nc3ccccc3)n1)C2. The van der Waals surface area contributed by atoms with Crippen LogP contribution in [-0.4, -0.2) is 72.7 Å². The molecule has 0 aliphatic carbocycles. The number of aromatic amines is 1. The van der Waals surface area contributed by atoms with Gasteiger partial charge in [-0.3, -0.25) is 9.59 Å². The minimum atomic E-state index is -0.0875. The van der Waals surface area contributed by atoms with E-state index in [9.17, 15) is 9.59 Å². The van der Waals surface area contributed by atoms with Crippen molar-refractivity contribution < 1.29 is 9.59 Å². The third-order valence-electron chi connectivity index (χ3n) is 8.34. The smallest absolute Gasteiger partial charge is 0.272 e. The molecule has 2 saturated heterocycles. The predicted molar refractivity (Wildman–Crippen MR) is 159 cm³/mol. The summed E-state index contributed by atoms with van der Waals surface area (Å²) in [5.74, 6) is 0.875. The van der Waals surface area contributed by atoms with Gasteiger partial charge in [0.1, 0.15) is 17.1 Å². The van der Waals surface area contributed by atoms with Crippen molar-refractivity contribution in [3.05, 3.63) is 96.4 Å². The number of likely N-dealkylation sites (tertiary alicyclic amines) is 2. The first-order valence-electron chi connectivity index (χ1n) is 14.2. The van der Waals surface area contributed by atoms with E-state index in [4.69, 9.17) is 0 Å². The van der Waals surface area contributed by atoms with Crippen LogP contribution in [0.2, 0.25) is 0 Å². The average molecular weight is 559 g/mol. The van der Waals surface area contributed by atoms with Gasteiger partial charge in [0.2, 0.25) is 5.95 Å². The topological polar surface area (TPSA) is 120 Å². The number of nitrogens with zero attached hydrogens (tertiary/aromatic N) is 6. The fraction of sp³-hybridized carbons (Fsp3) is 0.250. The van der Waals surface area contributed by atoms with Crippen molar-refractivity contribution >= 4 is 34.5 Å². The number of piperidine rings is 1. The molecule has 0 unspecified atom stereocenters. The molecule has 2 N–H and O–H groups in total. The number of benzene rings is 2. The maximum atomic E-state index is 13.4. The van der Waals surface area contributed by atoms with Gasteiger partial charge in [0.15, 0.2) is 5.82 Å². The Labute approximate surface area is 242 Å². The number of hydrogen-bond donors (Lipinski definition) is 2. The number of carbonyl (C=O) groups is 2. The van der Waals surface area contributed by atoms with E-state index in [-0.39, 0.29) is 17.2 Å². The molecule has 0 bridgehead atoms. The standard InChI is InChI=1S/C32H30N8O2/c41-29(26-12-6-11-25(35-26)28-36-23-9-4-5-10-24(23)37-28)39-18-14-32(15-19-39)16-20-40(21-32)30(42)27-13-17-33-31(38-27)34-22-7-2-1-3-8-22/h1-13,17H,14-16,18-21H2,(H,36,37)(H,33,34,38). The molecule has 42 heavy (non-hydrogen) atoms. The fourth-order valence-electron chi connectivity index (χ4n) is 5.97. The Hall–Kier alpha value is -5.12. The Morgan fingerprint density at radius 3 is 2.26 bits per heavy atom. The van der Waals surface area contributed by atoms with E-state index in [2.05, 4.69) is 30.2 Å². The first-order valence-corrected chi connectivity index (χ1v) is 14.2. The molecule has 0 atom stereocenters. The van der Waals surface area contributed by atoms with Crippen molar-refractivity contribution in [2.75, 3.05) is 31.5 Å². The number of amides is 2. The number of imidazole rings is 1. The van der Waals surface area contributed by atoms with Crippen molar-refractivity contribution in [2.24, 2.45) is 5.41 Å². The summed E-state index contributed by atoms with van der Waals surface area (Å²) in [4.78, 5) is 51.9. The molecule has 2 aromatic carbocycles. The van der Waals surface area contributed by atoms with E-state index in [0.29, 0.717) is 55.0 Å². The summed E-state index contributed by atoms with van der Waals surface area (Å²) in [5.41, 5.74) is 4.09. The minimum Gasteiger partial charge on any atom is -0.337 e. The lowest BCUT2D eigenvalue weighted by Gasteiger charge is -2.39. The van der Waals surface area contributed by atoms with Gasteiger partial charge in [-0.2, -0.15) is 0 Å². The first kappa shape index (κ1) is 25.8. The maximum Gasteiger partial charge on any atom is 0.272 e. The van der Waals surface area contributed by atoms with Crippen LogP contribution in [0.1, 0.15) is 40.2 Å². The highest BCUT2D eigenvalue weighted by Gasteiger charge is 2.43. The van der Waals surface area contributed by atoms with Crippen LogP contribution >= 0.6 is 0 Å². The molecular weight excluding hydrogens is 528 g/mol. The molecule has 0 saturated carbocycles. The second-order valence-corrected chi connectivity index (χ2v) is 11.0. The predicted octanol–water partition coefficient (Wildman–Crippen LogP) is 4.93. The van der Waals surface area contributed by atoms with E-state index < -0.39 is 0 Å². The average Bonchev–Trinajstić information content (AvgIpc) is 3.66. The molecule has 0 radical (unpaired) electrons. The highest BCUT2D eigenvalue weighted by Crippen LogP contribution is 2.41. The minimum absolute atomic E-state index is 0.00808. The third kappa shape index (κ3) is 5.07. The van der Waals surface area contributed by atoms with Crippen LogP contribution in [0.3, 0.4) is 0 Å². The third-order valence-corrected chi connectivity index (χ3v) is 8.34. The number of H-pyrrole nitrogens is 1. The Balaban J connectivity index is 0.984. The molecular formula is C32H30N8O2. The van der Waals surface area contributed by atoms with E-state index in [1.54, 1.807) is 18.3 Å². The fourth-order valence-corrected chi connectivity index (χ4v) is 5.97. The van der Waals surface area contributed by atoms with Crippen LogP contribution < -0.4 is 5.32 Å². The van der Waals surface area contributed by atoms with Crippen LogP contribution in [0.15, 0.2) is 85.1 Å². The number of aromatic nitrogens is 5. The number of nitrogens with one attached hydrogen (secondary N) is 2. The number of rotatable bonds is 5. The molecule has 2 amide bonds. The zero-order valence-corrected chi connectivity index (χ0v) is 23.0. The van der Waals surface area contributed by atoms with Gasteiger partial charge >= 0.3 is 0 Å². The molecule has 2 aliphatic rings. The number of fused-ring (bicyclic) bond motifs is 1. The van der Waals surface area contributed by atoms with Crippen LogP contribution in [0.5, 0.6) is 0 Å².